The summed E-state index contributed by atoms with van der Waals surface area (Å²) in [5.74, 6) is 0.904. The van der Waals surface area contributed by atoms with Crippen LogP contribution in [0.1, 0.15) is 25.7 Å². The molecule has 1 unspecified atom stereocenters. The van der Waals surface area contributed by atoms with E-state index in [4.69, 9.17) is 0 Å². The summed E-state index contributed by atoms with van der Waals surface area (Å²) in [5, 5.41) is 27.9. The molecule has 0 saturated carbocycles. The molecule has 9 nitrogen and oxygen atoms in total. The topological polar surface area (TPSA) is 111 Å². The third kappa shape index (κ3) is 2.85. The zero-order chi connectivity index (χ0) is 20.1. The van der Waals surface area contributed by atoms with Gasteiger partial charge in [0.25, 0.3) is 0 Å². The Hall–Kier alpha value is -3.33. The number of piperidine rings is 1. The Bertz CT molecular complexity index is 1150. The molecule has 0 amide bonds. The normalized spacial score (nSPS) is 23.2. The maximum Gasteiger partial charge on any atom is 0.151 e. The molecule has 30 heavy (non-hydrogen) atoms. The highest BCUT2D eigenvalue weighted by Gasteiger charge is 2.35. The van der Waals surface area contributed by atoms with Crippen LogP contribution in [0.5, 0.6) is 0 Å². The molecule has 152 valence electrons. The average Bonchev–Trinajstić information content (AvgIpc) is 3.54. The van der Waals surface area contributed by atoms with E-state index in [0.717, 1.165) is 39.2 Å². The fraction of sp³-hybridized carbons (Fsp3) is 0.381. The van der Waals surface area contributed by atoms with Crippen LogP contribution in [0.2, 0.25) is 0 Å². The molecule has 0 aliphatic carbocycles. The number of fused-ring (bicyclic) bond motifs is 3. The van der Waals surface area contributed by atoms with Crippen molar-refractivity contribution < 1.29 is 0 Å². The van der Waals surface area contributed by atoms with E-state index < -0.39 is 0 Å². The minimum absolute atomic E-state index is 0.510. The van der Waals surface area contributed by atoms with Gasteiger partial charge in [-0.05, 0) is 37.8 Å². The number of H-pyrrole nitrogens is 2. The number of nitrogens with one attached hydrogen (secondary N) is 3. The van der Waals surface area contributed by atoms with E-state index in [-0.39, 0.29) is 0 Å². The second-order valence-corrected chi connectivity index (χ2v) is 8.32. The molecule has 2 saturated heterocycles. The molecule has 0 radical (unpaired) electrons. The van der Waals surface area contributed by atoms with Crippen LogP contribution in [0.4, 0.5) is 5.82 Å². The third-order valence-electron chi connectivity index (χ3n) is 6.55. The van der Waals surface area contributed by atoms with Crippen molar-refractivity contribution in [3.8, 4) is 22.5 Å². The van der Waals surface area contributed by atoms with Crippen molar-refractivity contribution in [2.75, 3.05) is 11.9 Å². The molecule has 2 aliphatic heterocycles. The van der Waals surface area contributed by atoms with Crippen LogP contribution in [0.25, 0.3) is 33.4 Å². The quantitative estimate of drug-likeness (QED) is 0.482. The SMILES string of the molecule is CN(c1ccc(-c2ncc(-c3cn[nH]c3)c3cn[nH]c23)nn1)C1C[C@H]2CC[C@@H](C1)N2. The Labute approximate surface area is 173 Å². The lowest BCUT2D eigenvalue weighted by atomic mass is 9.98. The summed E-state index contributed by atoms with van der Waals surface area (Å²) in [5.41, 5.74) is 4.27. The second-order valence-electron chi connectivity index (χ2n) is 8.32. The van der Waals surface area contributed by atoms with Crippen LogP contribution in [0.3, 0.4) is 0 Å². The van der Waals surface area contributed by atoms with Crippen molar-refractivity contribution in [1.82, 2.24) is 40.9 Å². The third-order valence-corrected chi connectivity index (χ3v) is 6.55. The van der Waals surface area contributed by atoms with Crippen molar-refractivity contribution in [2.24, 2.45) is 0 Å². The van der Waals surface area contributed by atoms with Gasteiger partial charge in [-0.3, -0.25) is 15.2 Å². The molecule has 6 heterocycles. The number of hydrogen-bond donors (Lipinski definition) is 3. The van der Waals surface area contributed by atoms with Gasteiger partial charge in [0.2, 0.25) is 0 Å². The van der Waals surface area contributed by atoms with Gasteiger partial charge in [-0.2, -0.15) is 10.2 Å². The van der Waals surface area contributed by atoms with Crippen LogP contribution in [-0.4, -0.2) is 60.7 Å². The van der Waals surface area contributed by atoms with Crippen LogP contribution < -0.4 is 10.2 Å². The van der Waals surface area contributed by atoms with Crippen LogP contribution in [-0.2, 0) is 0 Å². The maximum atomic E-state index is 4.66. The predicted molar refractivity (Wildman–Crippen MR) is 114 cm³/mol. The van der Waals surface area contributed by atoms with E-state index in [1.54, 1.807) is 6.20 Å². The summed E-state index contributed by atoms with van der Waals surface area (Å²) < 4.78 is 0. The molecule has 9 heteroatoms. The van der Waals surface area contributed by atoms with Crippen molar-refractivity contribution in [3.05, 3.63) is 36.9 Å². The number of hydrogen-bond acceptors (Lipinski definition) is 7. The van der Waals surface area contributed by atoms with E-state index >= 15 is 0 Å². The van der Waals surface area contributed by atoms with Crippen molar-refractivity contribution in [1.29, 1.82) is 0 Å². The zero-order valence-corrected chi connectivity index (χ0v) is 16.7. The Kier molecular flexibility index (Phi) is 4.02. The summed E-state index contributed by atoms with van der Waals surface area (Å²) in [7, 11) is 2.13. The molecule has 0 spiro atoms. The molecular formula is C21H23N9. The first-order chi connectivity index (χ1) is 14.8. The first-order valence-electron chi connectivity index (χ1n) is 10.4. The highest BCUT2D eigenvalue weighted by atomic mass is 15.3. The Balaban J connectivity index is 1.30. The zero-order valence-electron chi connectivity index (χ0n) is 16.7. The van der Waals surface area contributed by atoms with E-state index in [2.05, 4.69) is 52.8 Å². The van der Waals surface area contributed by atoms with Gasteiger partial charge >= 0.3 is 0 Å². The van der Waals surface area contributed by atoms with E-state index in [9.17, 15) is 0 Å². The highest BCUT2D eigenvalue weighted by Crippen LogP contribution is 2.33. The molecule has 2 fully saturated rings. The van der Waals surface area contributed by atoms with Gasteiger partial charge in [0, 0.05) is 54.1 Å². The summed E-state index contributed by atoms with van der Waals surface area (Å²) in [4.78, 5) is 6.94. The largest absolute Gasteiger partial charge is 0.355 e. The number of rotatable bonds is 4. The predicted octanol–water partition coefficient (Wildman–Crippen LogP) is 2.52. The van der Waals surface area contributed by atoms with E-state index in [0.29, 0.717) is 18.1 Å². The number of nitrogens with zero attached hydrogens (tertiary/aromatic N) is 6. The molecule has 6 rings (SSSR count). The minimum Gasteiger partial charge on any atom is -0.355 e. The second kappa shape index (κ2) is 6.88. The monoisotopic (exact) mass is 401 g/mol. The molecule has 2 aliphatic rings. The summed E-state index contributed by atoms with van der Waals surface area (Å²) in [6.45, 7) is 0. The van der Waals surface area contributed by atoms with Crippen molar-refractivity contribution in [3.63, 3.8) is 0 Å². The lowest BCUT2D eigenvalue weighted by molar-refractivity contribution is 0.353. The van der Waals surface area contributed by atoms with Gasteiger partial charge in [-0.15, -0.1) is 10.2 Å². The number of anilines is 1. The fourth-order valence-corrected chi connectivity index (χ4v) is 4.93. The minimum atomic E-state index is 0.510. The lowest BCUT2D eigenvalue weighted by Crippen LogP contribution is -2.47. The number of pyridine rings is 1. The molecule has 4 aromatic heterocycles. The van der Waals surface area contributed by atoms with Gasteiger partial charge in [0.1, 0.15) is 11.4 Å². The molecule has 2 bridgehead atoms. The van der Waals surface area contributed by atoms with Gasteiger partial charge in [0.15, 0.2) is 5.82 Å². The first kappa shape index (κ1) is 17.5. The maximum absolute atomic E-state index is 4.66. The van der Waals surface area contributed by atoms with Crippen LogP contribution >= 0.6 is 0 Å². The van der Waals surface area contributed by atoms with Crippen molar-refractivity contribution >= 4 is 16.7 Å². The molecular weight excluding hydrogens is 378 g/mol. The van der Waals surface area contributed by atoms with E-state index in [1.165, 1.54) is 25.7 Å². The molecule has 3 N–H and O–H groups in total. The van der Waals surface area contributed by atoms with Gasteiger partial charge in [-0.25, -0.2) is 0 Å². The molecule has 4 aromatic rings. The van der Waals surface area contributed by atoms with Crippen molar-refractivity contribution in [2.45, 2.75) is 43.8 Å². The Morgan fingerprint density at radius 1 is 1.00 bits per heavy atom. The number of aromatic amines is 2. The fourth-order valence-electron chi connectivity index (χ4n) is 4.93. The summed E-state index contributed by atoms with van der Waals surface area (Å²) >= 11 is 0. The standard InChI is InChI=1S/C21H23N9/c1-30(15-6-13-2-3-14(7-15)26-13)19-5-4-18(27-28-19)21-20-17(11-25-29-20)16(10-22-21)12-8-23-24-9-12/h4-5,8-11,13-15,26H,2-3,6-7H2,1H3,(H,23,24)(H,25,29)/t13-,14+,15?. The lowest BCUT2D eigenvalue weighted by Gasteiger charge is -2.36. The van der Waals surface area contributed by atoms with Gasteiger partial charge in [0.05, 0.1) is 17.9 Å². The Morgan fingerprint density at radius 3 is 2.60 bits per heavy atom. The van der Waals surface area contributed by atoms with E-state index in [1.807, 2.05) is 30.7 Å². The molecule has 3 atom stereocenters. The van der Waals surface area contributed by atoms with Crippen LogP contribution in [0, 0.1) is 0 Å². The van der Waals surface area contributed by atoms with Crippen LogP contribution in [0.15, 0.2) is 36.9 Å². The summed E-state index contributed by atoms with van der Waals surface area (Å²) in [6, 6.07) is 5.84. The smallest absolute Gasteiger partial charge is 0.151 e. The Morgan fingerprint density at radius 2 is 1.87 bits per heavy atom. The van der Waals surface area contributed by atoms with Gasteiger partial charge in [-0.1, -0.05) is 0 Å². The first-order valence-corrected chi connectivity index (χ1v) is 10.4. The number of aromatic nitrogens is 7. The molecule has 0 aromatic carbocycles. The average molecular weight is 401 g/mol. The summed E-state index contributed by atoms with van der Waals surface area (Å²) in [6.07, 6.45) is 12.2. The highest BCUT2D eigenvalue weighted by molar-refractivity contribution is 5.99. The van der Waals surface area contributed by atoms with Gasteiger partial charge < -0.3 is 10.2 Å².